The average molecular weight is 513 g/mol. The van der Waals surface area contributed by atoms with E-state index in [0.29, 0.717) is 11.4 Å². The molecular formula is C22H21BrN6S2. The van der Waals surface area contributed by atoms with Crippen molar-refractivity contribution < 1.29 is 0 Å². The SMILES string of the molecule is CCc1nsnc1/C(=C/N=C(\C(=N)c1cccn1C)c1cccn1C)c1ccc(Br)s1. The zero-order valence-corrected chi connectivity index (χ0v) is 20.6. The van der Waals surface area contributed by atoms with Gasteiger partial charge in [0.2, 0.25) is 0 Å². The second-order valence-corrected chi connectivity index (χ2v) is 9.91. The van der Waals surface area contributed by atoms with Crippen LogP contribution in [-0.2, 0) is 20.5 Å². The molecule has 31 heavy (non-hydrogen) atoms. The Morgan fingerprint density at radius 1 is 1.10 bits per heavy atom. The molecule has 0 unspecified atom stereocenters. The number of nitrogens with zero attached hydrogens (tertiary/aromatic N) is 5. The van der Waals surface area contributed by atoms with Gasteiger partial charge in [-0.2, -0.15) is 8.75 Å². The standard InChI is InChI=1S/C22H21BrN6S2/c1-4-15-21(27-31-26-15)14(18-9-10-19(23)30-18)13-25-22(17-8-6-12-29(17)3)20(24)16-7-5-11-28(16)2/h5-13,24H,4H2,1-3H3/b14-13+,24-20?,25-22-. The maximum absolute atomic E-state index is 8.90. The van der Waals surface area contributed by atoms with Gasteiger partial charge in [0, 0.05) is 43.1 Å². The second kappa shape index (κ2) is 9.25. The zero-order valence-electron chi connectivity index (χ0n) is 17.3. The fourth-order valence-corrected chi connectivity index (χ4v) is 5.32. The lowest BCUT2D eigenvalue weighted by molar-refractivity contribution is 0.908. The monoisotopic (exact) mass is 512 g/mol. The first-order chi connectivity index (χ1) is 15.0. The first kappa shape index (κ1) is 21.6. The van der Waals surface area contributed by atoms with E-state index >= 15 is 0 Å². The number of nitrogens with one attached hydrogen (secondary N) is 1. The van der Waals surface area contributed by atoms with Crippen LogP contribution in [-0.4, -0.2) is 29.3 Å². The second-order valence-electron chi connectivity index (χ2n) is 6.92. The van der Waals surface area contributed by atoms with Crippen molar-refractivity contribution in [3.63, 3.8) is 0 Å². The van der Waals surface area contributed by atoms with Gasteiger partial charge in [-0.1, -0.05) is 6.92 Å². The number of aliphatic imine (C=N–C) groups is 1. The normalized spacial score (nSPS) is 12.5. The zero-order chi connectivity index (χ0) is 22.0. The van der Waals surface area contributed by atoms with Gasteiger partial charge in [-0.3, -0.25) is 10.4 Å². The third-order valence-electron chi connectivity index (χ3n) is 4.93. The average Bonchev–Trinajstić information content (AvgIpc) is 3.54. The third kappa shape index (κ3) is 4.39. The highest BCUT2D eigenvalue weighted by Crippen LogP contribution is 2.33. The molecule has 0 amide bonds. The van der Waals surface area contributed by atoms with Gasteiger partial charge < -0.3 is 9.13 Å². The third-order valence-corrected chi connectivity index (χ3v) is 7.15. The van der Waals surface area contributed by atoms with Crippen LogP contribution in [0.4, 0.5) is 0 Å². The summed E-state index contributed by atoms with van der Waals surface area (Å²) < 4.78 is 14.0. The van der Waals surface area contributed by atoms with Crippen LogP contribution in [0.5, 0.6) is 0 Å². The van der Waals surface area contributed by atoms with E-state index in [-0.39, 0.29) is 0 Å². The van der Waals surface area contributed by atoms with E-state index in [9.17, 15) is 0 Å². The van der Waals surface area contributed by atoms with E-state index in [0.717, 1.165) is 43.4 Å². The van der Waals surface area contributed by atoms with Crippen LogP contribution in [0, 0.1) is 5.41 Å². The first-order valence-electron chi connectivity index (χ1n) is 9.67. The van der Waals surface area contributed by atoms with Gasteiger partial charge in [0.05, 0.1) is 32.6 Å². The molecule has 9 heteroatoms. The van der Waals surface area contributed by atoms with Gasteiger partial charge in [0.1, 0.15) is 17.1 Å². The largest absolute Gasteiger partial charge is 0.349 e. The Bertz CT molecular complexity index is 1290. The van der Waals surface area contributed by atoms with Crippen molar-refractivity contribution >= 4 is 56.0 Å². The quantitative estimate of drug-likeness (QED) is 0.329. The van der Waals surface area contributed by atoms with Crippen LogP contribution < -0.4 is 0 Å². The van der Waals surface area contributed by atoms with Crippen molar-refractivity contribution in [2.75, 3.05) is 0 Å². The predicted octanol–water partition coefficient (Wildman–Crippen LogP) is 5.55. The number of hydrogen-bond donors (Lipinski definition) is 1. The highest BCUT2D eigenvalue weighted by atomic mass is 79.9. The molecule has 4 heterocycles. The van der Waals surface area contributed by atoms with Gasteiger partial charge in [0.25, 0.3) is 0 Å². The molecule has 0 aliphatic carbocycles. The molecule has 0 fully saturated rings. The minimum atomic E-state index is 0.365. The van der Waals surface area contributed by atoms with E-state index in [1.165, 1.54) is 11.7 Å². The lowest BCUT2D eigenvalue weighted by Crippen LogP contribution is -2.20. The topological polar surface area (TPSA) is 71.8 Å². The maximum Gasteiger partial charge on any atom is 0.114 e. The summed E-state index contributed by atoms with van der Waals surface area (Å²) in [7, 11) is 3.90. The van der Waals surface area contributed by atoms with Crippen molar-refractivity contribution in [1.82, 2.24) is 17.9 Å². The number of aromatic nitrogens is 4. The molecule has 0 aliphatic rings. The molecular weight excluding hydrogens is 492 g/mol. The molecule has 0 aromatic carbocycles. The molecule has 0 aliphatic heterocycles. The molecule has 4 aromatic rings. The van der Waals surface area contributed by atoms with Crippen molar-refractivity contribution in [2.24, 2.45) is 19.1 Å². The molecule has 0 saturated carbocycles. The van der Waals surface area contributed by atoms with Crippen LogP contribution in [0.25, 0.3) is 5.57 Å². The Morgan fingerprint density at radius 3 is 2.39 bits per heavy atom. The summed E-state index contributed by atoms with van der Waals surface area (Å²) in [6, 6.07) is 11.9. The number of halogens is 1. The van der Waals surface area contributed by atoms with Crippen molar-refractivity contribution in [1.29, 1.82) is 5.41 Å². The fraction of sp³-hybridized carbons (Fsp3) is 0.182. The fourth-order valence-electron chi connectivity index (χ4n) is 3.28. The summed E-state index contributed by atoms with van der Waals surface area (Å²) in [6.45, 7) is 2.08. The Balaban J connectivity index is 1.89. The predicted molar refractivity (Wildman–Crippen MR) is 133 cm³/mol. The summed E-state index contributed by atoms with van der Waals surface area (Å²) in [4.78, 5) is 5.92. The lowest BCUT2D eigenvalue weighted by atomic mass is 10.1. The van der Waals surface area contributed by atoms with E-state index in [1.807, 2.05) is 72.2 Å². The van der Waals surface area contributed by atoms with E-state index in [2.05, 4.69) is 37.7 Å². The van der Waals surface area contributed by atoms with E-state index < -0.39 is 0 Å². The molecule has 1 N–H and O–H groups in total. The van der Waals surface area contributed by atoms with Gasteiger partial charge in [0.15, 0.2) is 0 Å². The van der Waals surface area contributed by atoms with E-state index in [4.69, 9.17) is 10.4 Å². The van der Waals surface area contributed by atoms with Crippen molar-refractivity contribution in [3.8, 4) is 0 Å². The summed E-state index contributed by atoms with van der Waals surface area (Å²) >= 11 is 6.40. The molecule has 0 saturated heterocycles. The molecule has 4 aromatic heterocycles. The Morgan fingerprint density at radius 2 is 1.81 bits per heavy atom. The Kier molecular flexibility index (Phi) is 6.45. The van der Waals surface area contributed by atoms with Gasteiger partial charge in [-0.15, -0.1) is 11.3 Å². The van der Waals surface area contributed by atoms with Crippen molar-refractivity contribution in [3.05, 3.63) is 86.4 Å². The number of hydrogen-bond acceptors (Lipinski definition) is 6. The lowest BCUT2D eigenvalue weighted by Gasteiger charge is -2.11. The van der Waals surface area contributed by atoms with Crippen LogP contribution in [0.1, 0.15) is 34.6 Å². The van der Waals surface area contributed by atoms with Gasteiger partial charge in [-0.05, 0) is 58.7 Å². The Hall–Kier alpha value is -2.62. The van der Waals surface area contributed by atoms with Crippen LogP contribution in [0.3, 0.4) is 0 Å². The maximum atomic E-state index is 8.90. The molecule has 4 rings (SSSR count). The summed E-state index contributed by atoms with van der Waals surface area (Å²) in [6.07, 6.45) is 6.52. The summed E-state index contributed by atoms with van der Waals surface area (Å²) in [5.74, 6) is 0. The number of rotatable bonds is 7. The highest BCUT2D eigenvalue weighted by molar-refractivity contribution is 9.11. The summed E-state index contributed by atoms with van der Waals surface area (Å²) in [5, 5.41) is 8.90. The number of aryl methyl sites for hydroxylation is 3. The smallest absolute Gasteiger partial charge is 0.114 e. The minimum absolute atomic E-state index is 0.365. The minimum Gasteiger partial charge on any atom is -0.349 e. The molecule has 0 atom stereocenters. The van der Waals surface area contributed by atoms with Crippen molar-refractivity contribution in [2.45, 2.75) is 13.3 Å². The van der Waals surface area contributed by atoms with Crippen LogP contribution >= 0.6 is 39.0 Å². The van der Waals surface area contributed by atoms with Crippen LogP contribution in [0.15, 0.2) is 63.8 Å². The summed E-state index contributed by atoms with van der Waals surface area (Å²) in [5.41, 5.74) is 5.36. The molecule has 6 nitrogen and oxygen atoms in total. The molecule has 0 radical (unpaired) electrons. The molecule has 158 valence electrons. The molecule has 0 bridgehead atoms. The Labute approximate surface area is 197 Å². The first-order valence-corrected chi connectivity index (χ1v) is 12.0. The van der Waals surface area contributed by atoms with Gasteiger partial charge >= 0.3 is 0 Å². The number of thiophene rings is 1. The highest BCUT2D eigenvalue weighted by Gasteiger charge is 2.19. The van der Waals surface area contributed by atoms with E-state index in [1.54, 1.807) is 11.3 Å². The molecule has 0 spiro atoms. The van der Waals surface area contributed by atoms with Crippen LogP contribution in [0.2, 0.25) is 0 Å². The van der Waals surface area contributed by atoms with Gasteiger partial charge in [-0.25, -0.2) is 0 Å².